The Bertz CT molecular complexity index is 539. The van der Waals surface area contributed by atoms with Gasteiger partial charge >= 0.3 is 18.0 Å². The fourth-order valence-corrected chi connectivity index (χ4v) is 2.47. The summed E-state index contributed by atoms with van der Waals surface area (Å²) in [5, 5.41) is 27.8. The van der Waals surface area contributed by atoms with E-state index < -0.39 is 35.1 Å². The first-order valence-electron chi connectivity index (χ1n) is 9.59. The minimum Gasteiger partial charge on any atom is -0.481 e. The van der Waals surface area contributed by atoms with Gasteiger partial charge in [0.2, 0.25) is 6.29 Å². The zero-order valence-corrected chi connectivity index (χ0v) is 18.1. The number of aliphatic carboxylic acids is 1. The molecule has 2 atom stereocenters. The molecule has 0 saturated carbocycles. The number of ether oxygens (including phenoxy) is 3. The highest BCUT2D eigenvalue weighted by Gasteiger charge is 2.32. The highest BCUT2D eigenvalue weighted by molar-refractivity contribution is 5.76. The van der Waals surface area contributed by atoms with E-state index in [1.54, 1.807) is 13.8 Å². The van der Waals surface area contributed by atoms with Gasteiger partial charge in [0.25, 0.3) is 0 Å². The molecule has 0 spiro atoms. The van der Waals surface area contributed by atoms with E-state index in [2.05, 4.69) is 10.2 Å². The van der Waals surface area contributed by atoms with Gasteiger partial charge in [-0.05, 0) is 32.1 Å². The maximum Gasteiger partial charge on any atom is 0.410 e. The molecular formula is C18H34N2O10. The number of alkyl carbamates (subject to hydrolysis) is 1. The fourth-order valence-electron chi connectivity index (χ4n) is 2.47. The Hall–Kier alpha value is -1.99. The number of amides is 1. The van der Waals surface area contributed by atoms with Crippen LogP contribution >= 0.6 is 0 Å². The van der Waals surface area contributed by atoms with Gasteiger partial charge in [0, 0.05) is 19.9 Å². The van der Waals surface area contributed by atoms with Gasteiger partial charge in [0.1, 0.15) is 0 Å². The third-order valence-electron chi connectivity index (χ3n) is 3.80. The molecule has 0 bridgehead atoms. The van der Waals surface area contributed by atoms with Crippen LogP contribution in [0.15, 0.2) is 0 Å². The van der Waals surface area contributed by atoms with Crippen LogP contribution in [0, 0.1) is 17.3 Å². The van der Waals surface area contributed by atoms with Gasteiger partial charge in [-0.15, -0.1) is 0 Å². The van der Waals surface area contributed by atoms with Crippen molar-refractivity contribution >= 4 is 18.0 Å². The predicted molar refractivity (Wildman–Crippen MR) is 101 cm³/mol. The fraction of sp³-hybridized carbons (Fsp3) is 0.833. The van der Waals surface area contributed by atoms with Gasteiger partial charge in [0.05, 0.1) is 30.6 Å². The molecule has 0 saturated heterocycles. The molecule has 4 N–H and O–H groups in total. The van der Waals surface area contributed by atoms with E-state index in [1.807, 2.05) is 13.8 Å². The summed E-state index contributed by atoms with van der Waals surface area (Å²) in [7, 11) is 0. The average Bonchev–Trinajstić information content (AvgIpc) is 2.57. The molecule has 0 heterocycles. The van der Waals surface area contributed by atoms with Crippen molar-refractivity contribution in [2.24, 2.45) is 17.3 Å². The van der Waals surface area contributed by atoms with Gasteiger partial charge in [-0.25, -0.2) is 9.63 Å². The minimum atomic E-state index is -1.17. The van der Waals surface area contributed by atoms with Gasteiger partial charge in [0.15, 0.2) is 0 Å². The Morgan fingerprint density at radius 1 is 1.07 bits per heavy atom. The lowest BCUT2D eigenvalue weighted by molar-refractivity contribution is -0.493. The van der Waals surface area contributed by atoms with Crippen molar-refractivity contribution in [1.82, 2.24) is 10.7 Å². The zero-order valence-electron chi connectivity index (χ0n) is 18.1. The largest absolute Gasteiger partial charge is 0.481 e. The number of nitrogens with zero attached hydrogens (tertiary/aromatic N) is 1. The molecule has 0 aromatic heterocycles. The molecule has 1 amide bonds. The number of nitrogens with one attached hydrogen (secondary N) is 1. The molecule has 0 aliphatic carbocycles. The van der Waals surface area contributed by atoms with Crippen LogP contribution in [0.1, 0.15) is 47.5 Å². The number of carboxylic acids is 1. The van der Waals surface area contributed by atoms with Crippen molar-refractivity contribution in [2.45, 2.75) is 53.8 Å². The van der Waals surface area contributed by atoms with E-state index in [0.717, 1.165) is 0 Å². The SMILES string of the molecule is CC(C)C[C@H](CNC(=O)OC(C)OC(=O)C(C)(C)COCCON(O)O)CC(=O)O. The lowest BCUT2D eigenvalue weighted by Gasteiger charge is -2.25. The van der Waals surface area contributed by atoms with E-state index in [4.69, 9.17) is 29.7 Å². The predicted octanol–water partition coefficient (Wildman–Crippen LogP) is 1.79. The van der Waals surface area contributed by atoms with E-state index in [1.165, 1.54) is 6.92 Å². The molecule has 0 fully saturated rings. The lowest BCUT2D eigenvalue weighted by Crippen LogP contribution is -2.38. The first kappa shape index (κ1) is 28.0. The van der Waals surface area contributed by atoms with E-state index in [0.29, 0.717) is 6.42 Å². The molecule has 0 aromatic carbocycles. The number of carbonyl (C=O) groups is 3. The summed E-state index contributed by atoms with van der Waals surface area (Å²) < 4.78 is 15.3. The summed E-state index contributed by atoms with van der Waals surface area (Å²) in [6, 6.07) is 0. The molecule has 0 rings (SSSR count). The third kappa shape index (κ3) is 14.1. The molecule has 176 valence electrons. The van der Waals surface area contributed by atoms with E-state index >= 15 is 0 Å². The highest BCUT2D eigenvalue weighted by atomic mass is 17.1. The summed E-state index contributed by atoms with van der Waals surface area (Å²) in [5.74, 6) is -1.58. The number of hydrogen-bond donors (Lipinski definition) is 4. The summed E-state index contributed by atoms with van der Waals surface area (Å²) in [5.41, 5.74) is -1.06. The smallest absolute Gasteiger partial charge is 0.410 e. The molecule has 1 unspecified atom stereocenters. The maximum absolute atomic E-state index is 12.2. The highest BCUT2D eigenvalue weighted by Crippen LogP contribution is 2.19. The molecule has 0 aliphatic heterocycles. The van der Waals surface area contributed by atoms with E-state index in [-0.39, 0.29) is 44.6 Å². The van der Waals surface area contributed by atoms with Gasteiger partial charge in [-0.1, -0.05) is 13.8 Å². The molecule has 12 heteroatoms. The molecule has 0 radical (unpaired) electrons. The van der Waals surface area contributed by atoms with Crippen LogP contribution in [0.4, 0.5) is 4.79 Å². The second-order valence-corrected chi connectivity index (χ2v) is 7.88. The quantitative estimate of drug-likeness (QED) is 0.127. The van der Waals surface area contributed by atoms with E-state index in [9.17, 15) is 14.4 Å². The van der Waals surface area contributed by atoms with Crippen LogP contribution in [0.3, 0.4) is 0 Å². The van der Waals surface area contributed by atoms with Crippen molar-refractivity contribution in [3.8, 4) is 0 Å². The molecule has 12 nitrogen and oxygen atoms in total. The number of carbonyl (C=O) groups excluding carboxylic acids is 2. The Morgan fingerprint density at radius 3 is 2.23 bits per heavy atom. The molecule has 0 aliphatic rings. The van der Waals surface area contributed by atoms with Crippen LogP contribution < -0.4 is 5.32 Å². The van der Waals surface area contributed by atoms with Crippen molar-refractivity contribution in [3.63, 3.8) is 0 Å². The number of rotatable bonds is 15. The Labute approximate surface area is 175 Å². The topological polar surface area (TPSA) is 164 Å². The van der Waals surface area contributed by atoms with Crippen LogP contribution in [0.5, 0.6) is 0 Å². The normalized spacial score (nSPS) is 13.8. The van der Waals surface area contributed by atoms with Crippen LogP contribution in [0.25, 0.3) is 0 Å². The average molecular weight is 438 g/mol. The van der Waals surface area contributed by atoms with Gasteiger partial charge < -0.3 is 24.6 Å². The maximum atomic E-state index is 12.2. The first-order valence-corrected chi connectivity index (χ1v) is 9.59. The van der Waals surface area contributed by atoms with Crippen molar-refractivity contribution < 1.29 is 49.0 Å². The monoisotopic (exact) mass is 438 g/mol. The van der Waals surface area contributed by atoms with Gasteiger partial charge in [-0.3, -0.25) is 20.0 Å². The summed E-state index contributed by atoms with van der Waals surface area (Å²) in [6.45, 7) is 8.37. The zero-order chi connectivity index (χ0) is 23.3. The standard InChI is InChI=1S/C18H34N2O10/c1-12(2)8-14(9-15(21)22)10-19-17(24)30-13(3)29-16(23)18(4,5)11-27-6-7-28-20(25)26/h12-14,25-26H,6-11H2,1-5H3,(H,19,24)(H,21,22)/t13?,14-/m0/s1. The Kier molecular flexibility index (Phi) is 13.2. The van der Waals surface area contributed by atoms with Crippen molar-refractivity contribution in [2.75, 3.05) is 26.4 Å². The molecule has 30 heavy (non-hydrogen) atoms. The summed E-state index contributed by atoms with van der Waals surface area (Å²) >= 11 is 0. The number of hydrogen-bond acceptors (Lipinski definition) is 10. The van der Waals surface area contributed by atoms with Gasteiger partial charge in [-0.2, -0.15) is 0 Å². The van der Waals surface area contributed by atoms with Crippen LogP contribution in [0.2, 0.25) is 0 Å². The van der Waals surface area contributed by atoms with Crippen LogP contribution in [-0.2, 0) is 28.6 Å². The Balaban J connectivity index is 4.34. The summed E-state index contributed by atoms with van der Waals surface area (Å²) in [6.07, 6.45) is -1.43. The second-order valence-electron chi connectivity index (χ2n) is 7.88. The number of carboxylic acid groups (broad SMARTS) is 1. The third-order valence-corrected chi connectivity index (χ3v) is 3.80. The first-order chi connectivity index (χ1) is 13.8. The Morgan fingerprint density at radius 2 is 1.70 bits per heavy atom. The lowest BCUT2D eigenvalue weighted by atomic mass is 9.94. The van der Waals surface area contributed by atoms with Crippen LogP contribution in [-0.4, -0.2) is 71.6 Å². The second kappa shape index (κ2) is 14.1. The van der Waals surface area contributed by atoms with Crippen molar-refractivity contribution in [1.29, 1.82) is 0 Å². The molecule has 0 aromatic rings. The molecular weight excluding hydrogens is 404 g/mol. The van der Waals surface area contributed by atoms with Crippen molar-refractivity contribution in [3.05, 3.63) is 0 Å². The minimum absolute atomic E-state index is 0.00330. The summed E-state index contributed by atoms with van der Waals surface area (Å²) in [4.78, 5) is 39.4. The number of esters is 1.